The molecule has 22 heteroatoms. The number of nitrogens with one attached hydrogen (secondary N) is 3. The van der Waals surface area contributed by atoms with Gasteiger partial charge >= 0.3 is 21.3 Å². The summed E-state index contributed by atoms with van der Waals surface area (Å²) in [5.41, 5.74) is -1.73. The molecule has 2 fully saturated rings. The van der Waals surface area contributed by atoms with Crippen molar-refractivity contribution in [2.75, 3.05) is 6.61 Å². The van der Waals surface area contributed by atoms with Crippen molar-refractivity contribution in [3.05, 3.63) is 33.1 Å². The molecule has 0 spiro atoms. The van der Waals surface area contributed by atoms with E-state index in [4.69, 9.17) is 14.0 Å². The highest BCUT2D eigenvalue weighted by molar-refractivity contribution is 7.61. The number of hydrogen-bond donors (Lipinski definition) is 8. The quantitative estimate of drug-likeness (QED) is 0.116. The first-order valence-electron chi connectivity index (χ1n) is 11.8. The van der Waals surface area contributed by atoms with Crippen molar-refractivity contribution in [3.8, 4) is 0 Å². The van der Waals surface area contributed by atoms with Gasteiger partial charge in [-0.05, 0) is 6.92 Å². The molecular weight excluding hydrogens is 602 g/mol. The van der Waals surface area contributed by atoms with Crippen LogP contribution >= 0.6 is 15.6 Å². The summed E-state index contributed by atoms with van der Waals surface area (Å²) in [7, 11) is -11.1. The smallest absolute Gasteiger partial charge is 0.389 e. The first-order chi connectivity index (χ1) is 18.9. The Labute approximate surface area is 230 Å². The molecule has 2 saturated heterocycles. The van der Waals surface area contributed by atoms with Gasteiger partial charge in [-0.1, -0.05) is 0 Å². The van der Waals surface area contributed by atoms with Crippen LogP contribution in [-0.4, -0.2) is 102 Å². The molecule has 3 heterocycles. The number of phosphoric ester groups is 2. The fourth-order valence-electron chi connectivity index (χ4n) is 4.16. The van der Waals surface area contributed by atoms with Crippen LogP contribution in [0.5, 0.6) is 0 Å². The van der Waals surface area contributed by atoms with Crippen molar-refractivity contribution in [1.29, 1.82) is 0 Å². The molecule has 232 valence electrons. The second kappa shape index (κ2) is 12.9. The van der Waals surface area contributed by atoms with Crippen LogP contribution in [0.1, 0.15) is 27.0 Å². The summed E-state index contributed by atoms with van der Waals surface area (Å²) in [6, 6.07) is -1.70. The van der Waals surface area contributed by atoms with Crippen LogP contribution in [0.3, 0.4) is 0 Å². The van der Waals surface area contributed by atoms with Gasteiger partial charge in [-0.3, -0.25) is 33.0 Å². The Morgan fingerprint density at radius 2 is 1.61 bits per heavy atom. The molecule has 0 saturated carbocycles. The molecule has 20 nitrogen and oxygen atoms in total. The van der Waals surface area contributed by atoms with Crippen molar-refractivity contribution in [2.24, 2.45) is 0 Å². The van der Waals surface area contributed by atoms with Gasteiger partial charge in [-0.15, -0.1) is 0 Å². The molecule has 0 bridgehead atoms. The van der Waals surface area contributed by atoms with Crippen molar-refractivity contribution < 1.29 is 66.7 Å². The molecule has 2 aliphatic heterocycles. The molecule has 8 N–H and O–H groups in total. The number of carbonyl (C=O) groups excluding carboxylic acids is 2. The van der Waals surface area contributed by atoms with Crippen molar-refractivity contribution >= 4 is 27.5 Å². The van der Waals surface area contributed by atoms with Crippen LogP contribution in [-0.2, 0) is 41.6 Å². The van der Waals surface area contributed by atoms with Crippen LogP contribution in [0.4, 0.5) is 0 Å². The first-order valence-corrected chi connectivity index (χ1v) is 14.8. The molecule has 3 rings (SSSR count). The summed E-state index contributed by atoms with van der Waals surface area (Å²) in [6.07, 6.45) is -10.3. The molecule has 1 aromatic rings. The van der Waals surface area contributed by atoms with E-state index < -0.39 is 100 Å². The van der Waals surface area contributed by atoms with E-state index in [1.165, 1.54) is 6.92 Å². The van der Waals surface area contributed by atoms with E-state index in [1.807, 2.05) is 4.98 Å². The molecular formula is C19H30N4O16P2. The van der Waals surface area contributed by atoms with Crippen LogP contribution in [0.15, 0.2) is 21.9 Å². The molecule has 2 amide bonds. The maximum atomic E-state index is 12.6. The lowest BCUT2D eigenvalue weighted by Gasteiger charge is -2.43. The minimum absolute atomic E-state index is 0.555. The third kappa shape index (κ3) is 8.38. The monoisotopic (exact) mass is 632 g/mol. The summed E-state index contributed by atoms with van der Waals surface area (Å²) >= 11 is 0. The summed E-state index contributed by atoms with van der Waals surface area (Å²) in [6.45, 7) is 2.56. The summed E-state index contributed by atoms with van der Waals surface area (Å²) < 4.78 is 50.1. The van der Waals surface area contributed by atoms with Crippen LogP contribution < -0.4 is 21.9 Å². The minimum atomic E-state index is -5.57. The number of amides is 2. The number of aliphatic hydroxyl groups excluding tert-OH is 3. The number of carbonyl (C=O) groups is 2. The van der Waals surface area contributed by atoms with Crippen molar-refractivity contribution in [1.82, 2.24) is 20.2 Å². The number of phosphoric acid groups is 2. The Morgan fingerprint density at radius 1 is 1.00 bits per heavy atom. The lowest BCUT2D eigenvalue weighted by atomic mass is 9.95. The van der Waals surface area contributed by atoms with Gasteiger partial charge in [0, 0.05) is 26.1 Å². The van der Waals surface area contributed by atoms with E-state index >= 15 is 0 Å². The zero-order chi connectivity index (χ0) is 30.9. The number of aromatic amines is 1. The van der Waals surface area contributed by atoms with Gasteiger partial charge in [-0.2, -0.15) is 4.31 Å². The summed E-state index contributed by atoms with van der Waals surface area (Å²) in [4.78, 5) is 68.4. The number of aliphatic hydroxyl groups is 3. The molecule has 0 aliphatic carbocycles. The fraction of sp³-hybridized carbons (Fsp3) is 0.684. The standard InChI is InChI=1S/C19H30N4O16P2/c1-7-12(20-8(2)24)15(28)13(21-9(3)25)18(36-7)38-41(33,34)39-40(31,32)35-6-10-14(27)16(29)17(37-10)23-5-4-11(26)22-19(23)30/h4-5,7,10,12-18,27-29H,6H2,1-3H3,(H,20,24)(H,21,25)(H,31,32)(H,33,34)(H,22,26,30)/t7-,10+,12+,13+,14+,15-,16+,17+,18+/m0/s1. The third-order valence-corrected chi connectivity index (χ3v) is 8.53. The molecule has 1 aromatic heterocycles. The number of H-pyrrole nitrogens is 1. The van der Waals surface area contributed by atoms with E-state index in [-0.39, 0.29) is 0 Å². The number of ether oxygens (including phenoxy) is 2. The van der Waals surface area contributed by atoms with Gasteiger partial charge < -0.3 is 45.2 Å². The highest BCUT2D eigenvalue weighted by Gasteiger charge is 2.50. The largest absolute Gasteiger partial charge is 0.483 e. The van der Waals surface area contributed by atoms with Gasteiger partial charge in [-0.25, -0.2) is 13.9 Å². The zero-order valence-corrected chi connectivity index (χ0v) is 23.4. The third-order valence-electron chi connectivity index (χ3n) is 5.93. The van der Waals surface area contributed by atoms with Gasteiger partial charge in [0.15, 0.2) is 12.5 Å². The van der Waals surface area contributed by atoms with Crippen LogP contribution in [0.25, 0.3) is 0 Å². The lowest BCUT2D eigenvalue weighted by Crippen LogP contribution is -2.67. The highest BCUT2D eigenvalue weighted by Crippen LogP contribution is 2.61. The molecule has 41 heavy (non-hydrogen) atoms. The molecule has 11 atom stereocenters. The number of nitrogens with zero attached hydrogens (tertiary/aromatic N) is 1. The van der Waals surface area contributed by atoms with Gasteiger partial charge in [0.2, 0.25) is 11.8 Å². The first kappa shape index (κ1) is 33.2. The summed E-state index contributed by atoms with van der Waals surface area (Å²) in [5, 5.41) is 35.7. The van der Waals surface area contributed by atoms with Crippen molar-refractivity contribution in [2.45, 2.75) is 75.9 Å². The van der Waals surface area contributed by atoms with E-state index in [0.717, 1.165) is 30.7 Å². The SMILES string of the molecule is CC(=O)N[C@H]1[C@@H](OP(=O)(O)OP(=O)(O)OC[C@H]2O[C@@H](n3ccc(=O)[nH]c3=O)[C@H](O)[C@@H]2O)O[C@@H](C)[C@@H](NC(C)=O)[C@@H]1O. The van der Waals surface area contributed by atoms with Gasteiger partial charge in [0.1, 0.15) is 30.5 Å². The highest BCUT2D eigenvalue weighted by atomic mass is 31.3. The number of hydrogen-bond acceptors (Lipinski definition) is 14. The second-order valence-corrected chi connectivity index (χ2v) is 12.1. The summed E-state index contributed by atoms with van der Waals surface area (Å²) in [5.74, 6) is -1.28. The molecule has 2 unspecified atom stereocenters. The number of aromatic nitrogens is 2. The minimum Gasteiger partial charge on any atom is -0.389 e. The Hall–Kier alpha value is -2.32. The lowest BCUT2D eigenvalue weighted by molar-refractivity contribution is -0.208. The van der Waals surface area contributed by atoms with E-state index in [9.17, 15) is 53.4 Å². The predicted octanol–water partition coefficient (Wildman–Crippen LogP) is -3.48. The van der Waals surface area contributed by atoms with E-state index in [2.05, 4.69) is 19.5 Å². The normalized spacial score (nSPS) is 34.8. The van der Waals surface area contributed by atoms with Gasteiger partial charge in [0.05, 0.1) is 18.8 Å². The maximum absolute atomic E-state index is 12.6. The fourth-order valence-corrected chi connectivity index (χ4v) is 6.32. The molecule has 2 aliphatic rings. The van der Waals surface area contributed by atoms with Crippen LogP contribution in [0.2, 0.25) is 0 Å². The molecule has 0 aromatic carbocycles. The van der Waals surface area contributed by atoms with Gasteiger partial charge in [0.25, 0.3) is 5.56 Å². The topological polar surface area (TPSA) is 294 Å². The second-order valence-electron chi connectivity index (χ2n) is 9.14. The Morgan fingerprint density at radius 3 is 2.20 bits per heavy atom. The van der Waals surface area contributed by atoms with Crippen molar-refractivity contribution in [3.63, 3.8) is 0 Å². The Bertz CT molecular complexity index is 1340. The maximum Gasteiger partial charge on any atom is 0.483 e. The van der Waals surface area contributed by atoms with E-state index in [0.29, 0.717) is 0 Å². The average Bonchev–Trinajstić information content (AvgIpc) is 3.10. The Balaban J connectivity index is 1.66. The zero-order valence-electron chi connectivity index (χ0n) is 21.6. The Kier molecular flexibility index (Phi) is 10.4. The van der Waals surface area contributed by atoms with Crippen LogP contribution in [0, 0.1) is 0 Å². The predicted molar refractivity (Wildman–Crippen MR) is 131 cm³/mol. The average molecular weight is 632 g/mol. The molecule has 0 radical (unpaired) electrons. The van der Waals surface area contributed by atoms with E-state index in [1.54, 1.807) is 0 Å². The number of rotatable bonds is 10.